The second-order valence-electron chi connectivity index (χ2n) is 1.85. The molecule has 0 aliphatic carbocycles. The van der Waals surface area contributed by atoms with Crippen molar-refractivity contribution in [1.82, 2.24) is 4.98 Å². The van der Waals surface area contributed by atoms with Gasteiger partial charge < -0.3 is 0 Å². The number of nitrogens with zero attached hydrogens (tertiary/aromatic N) is 1. The molecule has 0 amide bonds. The summed E-state index contributed by atoms with van der Waals surface area (Å²) in [6.07, 6.45) is 2.02. The summed E-state index contributed by atoms with van der Waals surface area (Å²) in [7, 11) is 0. The summed E-state index contributed by atoms with van der Waals surface area (Å²) in [5, 5.41) is 0. The highest BCUT2D eigenvalue weighted by Crippen LogP contribution is 2.40. The lowest BCUT2D eigenvalue weighted by Gasteiger charge is -2.06. The first-order valence-corrected chi connectivity index (χ1v) is 7.21. The Morgan fingerprint density at radius 1 is 1.00 bits per heavy atom. The molecule has 6 heteroatoms. The lowest BCUT2D eigenvalue weighted by molar-refractivity contribution is 1.12. The van der Waals surface area contributed by atoms with Gasteiger partial charge >= 0.3 is 0 Å². The summed E-state index contributed by atoms with van der Waals surface area (Å²) in [6.45, 7) is 0. The van der Waals surface area contributed by atoms with E-state index < -0.39 is 0 Å². The molecule has 0 bridgehead atoms. The minimum absolute atomic E-state index is 0.807. The van der Waals surface area contributed by atoms with Crippen LogP contribution in [0.5, 0.6) is 0 Å². The van der Waals surface area contributed by atoms with Crippen LogP contribution in [0.15, 0.2) is 23.0 Å². The summed E-state index contributed by atoms with van der Waals surface area (Å²) in [6, 6.07) is 0. The second kappa shape index (κ2) is 4.77. The number of halogens is 4. The smallest absolute Gasteiger partial charge is 0.122 e. The maximum Gasteiger partial charge on any atom is 0.122 e. The van der Waals surface area contributed by atoms with Crippen molar-refractivity contribution in [2.24, 2.45) is 0 Å². The zero-order valence-corrected chi connectivity index (χ0v) is 13.0. The maximum atomic E-state index is 4.21. The summed E-state index contributed by atoms with van der Waals surface area (Å²) in [5.41, 5.74) is 0. The average Bonchev–Trinajstić information content (AvgIpc) is 2.02. The number of aromatic nitrogens is 1. The highest BCUT2D eigenvalue weighted by atomic mass is 79.9. The van der Waals surface area contributed by atoms with Crippen molar-refractivity contribution in [2.45, 2.75) is 4.90 Å². The van der Waals surface area contributed by atoms with E-state index in [0.717, 1.165) is 23.0 Å². The maximum absolute atomic E-state index is 4.21. The Balaban J connectivity index is 3.42. The van der Waals surface area contributed by atoms with Gasteiger partial charge in [-0.05, 0) is 70.0 Å². The SMILES string of the molecule is CSc1c(Br)c(Br)nc(Br)c1Br. The molecule has 0 aliphatic rings. The van der Waals surface area contributed by atoms with Crippen molar-refractivity contribution < 1.29 is 0 Å². The van der Waals surface area contributed by atoms with Gasteiger partial charge in [-0.2, -0.15) is 0 Å². The van der Waals surface area contributed by atoms with E-state index in [4.69, 9.17) is 0 Å². The number of thioether (sulfide) groups is 1. The van der Waals surface area contributed by atoms with Crippen LogP contribution in [0.4, 0.5) is 0 Å². The molecule has 0 spiro atoms. The molecule has 0 saturated heterocycles. The van der Waals surface area contributed by atoms with Gasteiger partial charge in [-0.3, -0.25) is 0 Å². The van der Waals surface area contributed by atoms with Crippen molar-refractivity contribution in [3.05, 3.63) is 18.2 Å². The molecule has 0 atom stereocenters. The summed E-state index contributed by atoms with van der Waals surface area (Å²) in [5.74, 6) is 0. The van der Waals surface area contributed by atoms with Crippen molar-refractivity contribution >= 4 is 75.5 Å². The fourth-order valence-corrected chi connectivity index (χ4v) is 4.26. The molecule has 0 unspecified atom stereocenters. The van der Waals surface area contributed by atoms with E-state index in [0.29, 0.717) is 0 Å². The van der Waals surface area contributed by atoms with Crippen molar-refractivity contribution in [2.75, 3.05) is 6.26 Å². The second-order valence-corrected chi connectivity index (χ2v) is 5.76. The summed E-state index contributed by atoms with van der Waals surface area (Å²) >= 11 is 15.2. The van der Waals surface area contributed by atoms with Crippen LogP contribution >= 0.6 is 75.5 Å². The van der Waals surface area contributed by atoms with Crippen LogP contribution in [0.3, 0.4) is 0 Å². The third kappa shape index (κ3) is 2.26. The van der Waals surface area contributed by atoms with Crippen LogP contribution in [-0.2, 0) is 0 Å². The zero-order valence-electron chi connectivity index (χ0n) is 5.87. The minimum Gasteiger partial charge on any atom is -0.232 e. The van der Waals surface area contributed by atoms with E-state index in [1.165, 1.54) is 0 Å². The van der Waals surface area contributed by atoms with Crippen LogP contribution in [-0.4, -0.2) is 11.2 Å². The zero-order chi connectivity index (χ0) is 9.30. The van der Waals surface area contributed by atoms with Crippen LogP contribution in [0, 0.1) is 0 Å². The normalized spacial score (nSPS) is 10.4. The largest absolute Gasteiger partial charge is 0.232 e. The Morgan fingerprint density at radius 3 is 1.75 bits per heavy atom. The molecule has 1 rings (SSSR count). The number of pyridine rings is 1. The topological polar surface area (TPSA) is 12.9 Å². The molecular weight excluding hydrogens is 438 g/mol. The third-order valence-electron chi connectivity index (χ3n) is 1.16. The average molecular weight is 441 g/mol. The molecule has 66 valence electrons. The quantitative estimate of drug-likeness (QED) is 0.457. The van der Waals surface area contributed by atoms with Gasteiger partial charge in [0.1, 0.15) is 9.21 Å². The Bertz CT molecular complexity index is 289. The van der Waals surface area contributed by atoms with Crippen LogP contribution < -0.4 is 0 Å². The lowest BCUT2D eigenvalue weighted by atomic mass is 10.5. The first-order valence-electron chi connectivity index (χ1n) is 2.82. The molecule has 0 saturated carbocycles. The number of hydrogen-bond donors (Lipinski definition) is 0. The van der Waals surface area contributed by atoms with E-state index in [-0.39, 0.29) is 0 Å². The van der Waals surface area contributed by atoms with E-state index in [1.807, 2.05) is 6.26 Å². The van der Waals surface area contributed by atoms with E-state index in [9.17, 15) is 0 Å². The molecule has 1 aromatic heterocycles. The van der Waals surface area contributed by atoms with Gasteiger partial charge in [-0.15, -0.1) is 11.8 Å². The van der Waals surface area contributed by atoms with Crippen LogP contribution in [0.1, 0.15) is 0 Å². The third-order valence-corrected chi connectivity index (χ3v) is 6.26. The van der Waals surface area contributed by atoms with Crippen molar-refractivity contribution in [3.8, 4) is 0 Å². The number of hydrogen-bond acceptors (Lipinski definition) is 2. The van der Waals surface area contributed by atoms with Gasteiger partial charge in [-0.1, -0.05) is 0 Å². The first-order chi connectivity index (χ1) is 5.57. The Labute approximate surface area is 109 Å². The van der Waals surface area contributed by atoms with Crippen LogP contribution in [0.25, 0.3) is 0 Å². The molecule has 1 heterocycles. The van der Waals surface area contributed by atoms with Crippen LogP contribution in [0.2, 0.25) is 0 Å². The predicted octanol–water partition coefficient (Wildman–Crippen LogP) is 4.85. The van der Waals surface area contributed by atoms with Crippen molar-refractivity contribution in [1.29, 1.82) is 0 Å². The molecule has 0 fully saturated rings. The highest BCUT2D eigenvalue weighted by Gasteiger charge is 2.12. The molecule has 0 N–H and O–H groups in total. The molecular formula is C6H3Br4NS. The first kappa shape index (κ1) is 11.5. The Hall–Kier alpha value is 1.42. The van der Waals surface area contributed by atoms with Gasteiger partial charge in [0.15, 0.2) is 0 Å². The molecule has 12 heavy (non-hydrogen) atoms. The fourth-order valence-electron chi connectivity index (χ4n) is 0.647. The molecule has 1 nitrogen and oxygen atoms in total. The predicted molar refractivity (Wildman–Crippen MR) is 66.8 cm³/mol. The van der Waals surface area contributed by atoms with Gasteiger partial charge in [0.2, 0.25) is 0 Å². The molecule has 1 aromatic rings. The number of rotatable bonds is 1. The Kier molecular flexibility index (Phi) is 4.57. The molecule has 0 aliphatic heterocycles. The van der Waals surface area contributed by atoms with Crippen molar-refractivity contribution in [3.63, 3.8) is 0 Å². The van der Waals surface area contributed by atoms with Gasteiger partial charge in [0.05, 0.1) is 8.95 Å². The van der Waals surface area contributed by atoms with Gasteiger partial charge in [0.25, 0.3) is 0 Å². The summed E-state index contributed by atoms with van der Waals surface area (Å²) < 4.78 is 3.57. The van der Waals surface area contributed by atoms with Gasteiger partial charge in [-0.25, -0.2) is 4.98 Å². The highest BCUT2D eigenvalue weighted by molar-refractivity contribution is 9.13. The molecule has 0 radical (unpaired) electrons. The Morgan fingerprint density at radius 2 is 1.42 bits per heavy atom. The molecule has 0 aromatic carbocycles. The minimum atomic E-state index is 0.807. The van der Waals surface area contributed by atoms with E-state index in [2.05, 4.69) is 68.7 Å². The lowest BCUT2D eigenvalue weighted by Crippen LogP contribution is -1.86. The van der Waals surface area contributed by atoms with Gasteiger partial charge in [0, 0.05) is 4.90 Å². The standard InChI is InChI=1S/C6H3Br4NS/c1-12-4-2(7)5(9)11-6(10)3(4)8/h1H3. The van der Waals surface area contributed by atoms with E-state index >= 15 is 0 Å². The monoisotopic (exact) mass is 437 g/mol. The van der Waals surface area contributed by atoms with E-state index in [1.54, 1.807) is 11.8 Å². The fraction of sp³-hybridized carbons (Fsp3) is 0.167. The summed E-state index contributed by atoms with van der Waals surface area (Å²) in [4.78, 5) is 5.34.